The number of aliphatic hydroxyl groups is 1. The molecule has 0 rings (SSSR count). The SMILES string of the molecule is CCOC(=O)CC(=O)COCCO. The zero-order chi connectivity index (χ0) is 10.1. The van der Waals surface area contributed by atoms with E-state index in [9.17, 15) is 9.59 Å². The summed E-state index contributed by atoms with van der Waals surface area (Å²) in [5, 5.41) is 8.32. The van der Waals surface area contributed by atoms with E-state index in [1.54, 1.807) is 6.92 Å². The van der Waals surface area contributed by atoms with Gasteiger partial charge in [0.25, 0.3) is 0 Å². The molecule has 0 heterocycles. The monoisotopic (exact) mass is 190 g/mol. The molecule has 0 fully saturated rings. The lowest BCUT2D eigenvalue weighted by molar-refractivity contribution is -0.146. The molecule has 0 aliphatic carbocycles. The normalized spacial score (nSPS) is 9.69. The molecule has 76 valence electrons. The number of aliphatic hydroxyl groups excluding tert-OH is 1. The highest BCUT2D eigenvalue weighted by molar-refractivity contribution is 5.96. The van der Waals surface area contributed by atoms with Crippen molar-refractivity contribution in [2.24, 2.45) is 0 Å². The van der Waals surface area contributed by atoms with Crippen LogP contribution in [0.3, 0.4) is 0 Å². The molecular formula is C8H14O5. The number of carbonyl (C=O) groups excluding carboxylic acids is 2. The standard InChI is InChI=1S/C8H14O5/c1-2-13-8(11)5-7(10)6-12-4-3-9/h9H,2-6H2,1H3. The summed E-state index contributed by atoms with van der Waals surface area (Å²) in [7, 11) is 0. The fourth-order valence-corrected chi connectivity index (χ4v) is 0.675. The van der Waals surface area contributed by atoms with E-state index < -0.39 is 5.97 Å². The van der Waals surface area contributed by atoms with Gasteiger partial charge in [0.1, 0.15) is 13.0 Å². The number of rotatable bonds is 7. The molecule has 0 amide bonds. The van der Waals surface area contributed by atoms with Gasteiger partial charge in [-0.25, -0.2) is 0 Å². The van der Waals surface area contributed by atoms with Gasteiger partial charge in [-0.15, -0.1) is 0 Å². The summed E-state index contributed by atoms with van der Waals surface area (Å²) in [5.41, 5.74) is 0. The van der Waals surface area contributed by atoms with Gasteiger partial charge >= 0.3 is 5.97 Å². The minimum atomic E-state index is -0.542. The average molecular weight is 190 g/mol. The zero-order valence-electron chi connectivity index (χ0n) is 7.62. The van der Waals surface area contributed by atoms with Crippen LogP contribution in [-0.2, 0) is 19.1 Å². The van der Waals surface area contributed by atoms with Gasteiger partial charge in [0.15, 0.2) is 5.78 Å². The maximum atomic E-state index is 10.9. The first kappa shape index (κ1) is 12.1. The van der Waals surface area contributed by atoms with Crippen LogP contribution >= 0.6 is 0 Å². The first-order valence-corrected chi connectivity index (χ1v) is 4.06. The van der Waals surface area contributed by atoms with E-state index in [1.165, 1.54) is 0 Å². The number of hydrogen-bond acceptors (Lipinski definition) is 5. The maximum Gasteiger partial charge on any atom is 0.313 e. The predicted molar refractivity (Wildman–Crippen MR) is 44.2 cm³/mol. The Bertz CT molecular complexity index is 166. The van der Waals surface area contributed by atoms with Crippen LogP contribution in [0.4, 0.5) is 0 Å². The van der Waals surface area contributed by atoms with Crippen molar-refractivity contribution in [3.8, 4) is 0 Å². The molecule has 1 N–H and O–H groups in total. The van der Waals surface area contributed by atoms with Crippen LogP contribution in [0.5, 0.6) is 0 Å². The van der Waals surface area contributed by atoms with Gasteiger partial charge in [0, 0.05) is 0 Å². The Balaban J connectivity index is 3.44. The summed E-state index contributed by atoms with van der Waals surface area (Å²) in [6.45, 7) is 1.76. The Morgan fingerprint density at radius 2 is 2.08 bits per heavy atom. The first-order valence-electron chi connectivity index (χ1n) is 4.06. The smallest absolute Gasteiger partial charge is 0.313 e. The molecule has 0 atom stereocenters. The number of hydrogen-bond donors (Lipinski definition) is 1. The van der Waals surface area contributed by atoms with Crippen molar-refractivity contribution in [1.82, 2.24) is 0 Å². The fourth-order valence-electron chi connectivity index (χ4n) is 0.675. The van der Waals surface area contributed by atoms with E-state index in [0.717, 1.165) is 0 Å². The van der Waals surface area contributed by atoms with E-state index in [2.05, 4.69) is 4.74 Å². The van der Waals surface area contributed by atoms with Crippen LogP contribution in [0, 0.1) is 0 Å². The van der Waals surface area contributed by atoms with Crippen molar-refractivity contribution >= 4 is 11.8 Å². The lowest BCUT2D eigenvalue weighted by atomic mass is 10.3. The van der Waals surface area contributed by atoms with Gasteiger partial charge in [-0.2, -0.15) is 0 Å². The Morgan fingerprint density at radius 1 is 1.38 bits per heavy atom. The summed E-state index contributed by atoms with van der Waals surface area (Å²) in [5.74, 6) is -0.882. The van der Waals surface area contributed by atoms with Crippen molar-refractivity contribution in [3.05, 3.63) is 0 Å². The first-order chi connectivity index (χ1) is 6.20. The Kier molecular flexibility index (Phi) is 7.14. The summed E-state index contributed by atoms with van der Waals surface area (Å²) in [6, 6.07) is 0. The lowest BCUT2D eigenvalue weighted by Crippen LogP contribution is -2.16. The number of ketones is 1. The average Bonchev–Trinajstić information content (AvgIpc) is 2.05. The number of Topliss-reactive ketones (excluding diaryl/α,β-unsaturated/α-hetero) is 1. The van der Waals surface area contributed by atoms with Crippen LogP contribution in [0.25, 0.3) is 0 Å². The second kappa shape index (κ2) is 7.70. The van der Waals surface area contributed by atoms with Crippen LogP contribution in [0.2, 0.25) is 0 Å². The number of carbonyl (C=O) groups is 2. The second-order valence-electron chi connectivity index (χ2n) is 2.30. The third kappa shape index (κ3) is 7.42. The quantitative estimate of drug-likeness (QED) is 0.333. The molecule has 0 saturated heterocycles. The van der Waals surface area contributed by atoms with Crippen LogP contribution in [0.15, 0.2) is 0 Å². The molecule has 0 unspecified atom stereocenters. The molecule has 0 aromatic carbocycles. The highest BCUT2D eigenvalue weighted by Gasteiger charge is 2.09. The van der Waals surface area contributed by atoms with E-state index >= 15 is 0 Å². The molecule has 0 aliphatic rings. The minimum absolute atomic E-state index is 0.106. The van der Waals surface area contributed by atoms with Gasteiger partial charge in [0.05, 0.1) is 19.8 Å². The largest absolute Gasteiger partial charge is 0.466 e. The molecule has 0 radical (unpaired) electrons. The predicted octanol–water partition coefficient (Wildman–Crippen LogP) is -0.482. The van der Waals surface area contributed by atoms with Gasteiger partial charge in [-0.1, -0.05) is 0 Å². The Labute approximate surface area is 76.6 Å². The molecule has 5 nitrogen and oxygen atoms in total. The maximum absolute atomic E-state index is 10.9. The van der Waals surface area contributed by atoms with Gasteiger partial charge in [-0.05, 0) is 6.92 Å². The van der Waals surface area contributed by atoms with Gasteiger partial charge in [0.2, 0.25) is 0 Å². The van der Waals surface area contributed by atoms with E-state index in [-0.39, 0.29) is 38.6 Å². The van der Waals surface area contributed by atoms with Crippen molar-refractivity contribution in [2.75, 3.05) is 26.4 Å². The summed E-state index contributed by atoms with van der Waals surface area (Å²) < 4.78 is 9.27. The van der Waals surface area contributed by atoms with Crippen molar-refractivity contribution in [2.45, 2.75) is 13.3 Å². The lowest BCUT2D eigenvalue weighted by Gasteiger charge is -2.01. The van der Waals surface area contributed by atoms with Crippen LogP contribution in [0.1, 0.15) is 13.3 Å². The molecule has 0 bridgehead atoms. The Hall–Kier alpha value is -0.940. The van der Waals surface area contributed by atoms with Crippen LogP contribution < -0.4 is 0 Å². The van der Waals surface area contributed by atoms with Gasteiger partial charge < -0.3 is 14.6 Å². The fraction of sp³-hybridized carbons (Fsp3) is 0.750. The molecule has 13 heavy (non-hydrogen) atoms. The topological polar surface area (TPSA) is 72.8 Å². The van der Waals surface area contributed by atoms with E-state index in [0.29, 0.717) is 0 Å². The van der Waals surface area contributed by atoms with Crippen molar-refractivity contribution in [1.29, 1.82) is 0 Å². The summed E-state index contributed by atoms with van der Waals surface area (Å²) in [6.07, 6.45) is -0.265. The molecule has 5 heteroatoms. The van der Waals surface area contributed by atoms with E-state index in [1.807, 2.05) is 0 Å². The van der Waals surface area contributed by atoms with Crippen molar-refractivity contribution < 1.29 is 24.2 Å². The summed E-state index contributed by atoms with van der Waals surface area (Å²) in [4.78, 5) is 21.6. The summed E-state index contributed by atoms with van der Waals surface area (Å²) >= 11 is 0. The second-order valence-corrected chi connectivity index (χ2v) is 2.30. The third-order valence-corrected chi connectivity index (χ3v) is 1.15. The van der Waals surface area contributed by atoms with Crippen LogP contribution in [-0.4, -0.2) is 43.3 Å². The van der Waals surface area contributed by atoms with E-state index in [4.69, 9.17) is 9.84 Å². The third-order valence-electron chi connectivity index (χ3n) is 1.15. The molecule has 0 aliphatic heterocycles. The highest BCUT2D eigenvalue weighted by Crippen LogP contribution is 1.89. The molecule has 0 spiro atoms. The number of ether oxygens (including phenoxy) is 2. The molecular weight excluding hydrogens is 176 g/mol. The molecule has 0 saturated carbocycles. The Morgan fingerprint density at radius 3 is 2.62 bits per heavy atom. The molecule has 0 aromatic heterocycles. The minimum Gasteiger partial charge on any atom is -0.466 e. The number of esters is 1. The van der Waals surface area contributed by atoms with Gasteiger partial charge in [-0.3, -0.25) is 9.59 Å². The highest BCUT2D eigenvalue weighted by atomic mass is 16.5. The van der Waals surface area contributed by atoms with Crippen molar-refractivity contribution in [3.63, 3.8) is 0 Å². The molecule has 0 aromatic rings. The zero-order valence-corrected chi connectivity index (χ0v) is 7.62.